The first-order valence-corrected chi connectivity index (χ1v) is 11.2. The fraction of sp³-hybridized carbons (Fsp3) is 0.222. The zero-order valence-electron chi connectivity index (χ0n) is 19.0. The van der Waals surface area contributed by atoms with E-state index < -0.39 is 5.97 Å². The lowest BCUT2D eigenvalue weighted by molar-refractivity contribution is 0.0696. The predicted molar refractivity (Wildman–Crippen MR) is 131 cm³/mol. The molecule has 2 aromatic carbocycles. The molecule has 0 saturated heterocycles. The normalized spacial score (nSPS) is 15.2. The summed E-state index contributed by atoms with van der Waals surface area (Å²) in [6.45, 7) is 8.28. The number of likely N-dealkylation sites (N-methyl/N-ethyl adjacent to an activating group) is 1. The topological polar surface area (TPSA) is 71.2 Å². The molecule has 5 rings (SSSR count). The van der Waals surface area contributed by atoms with Crippen LogP contribution in [0, 0.1) is 13.8 Å². The van der Waals surface area contributed by atoms with Crippen LogP contribution in [0.2, 0.25) is 0 Å². The van der Waals surface area contributed by atoms with Gasteiger partial charge in [0.05, 0.1) is 28.2 Å². The third-order valence-electron chi connectivity index (χ3n) is 6.40. The Balaban J connectivity index is 1.73. The lowest BCUT2D eigenvalue weighted by Crippen LogP contribution is -2.31. The summed E-state index contributed by atoms with van der Waals surface area (Å²) in [5.41, 5.74) is 7.67. The summed E-state index contributed by atoms with van der Waals surface area (Å²) in [6.07, 6.45) is 2.14. The Hall–Kier alpha value is -3.77. The summed E-state index contributed by atoms with van der Waals surface area (Å²) in [5, 5.41) is 15.6. The van der Waals surface area contributed by atoms with E-state index in [9.17, 15) is 9.90 Å². The van der Waals surface area contributed by atoms with Crippen molar-refractivity contribution in [2.45, 2.75) is 27.3 Å². The van der Waals surface area contributed by atoms with Crippen LogP contribution < -0.4 is 0 Å². The van der Waals surface area contributed by atoms with E-state index in [0.717, 1.165) is 46.0 Å². The van der Waals surface area contributed by atoms with Gasteiger partial charge in [-0.15, -0.1) is 0 Å². The molecule has 6 heteroatoms. The molecule has 0 atom stereocenters. The number of fused-ring (bicyclic) bond motifs is 2. The minimum absolute atomic E-state index is 0.355. The van der Waals surface area contributed by atoms with E-state index in [0.29, 0.717) is 29.6 Å². The van der Waals surface area contributed by atoms with Gasteiger partial charge in [-0.05, 0) is 50.2 Å². The lowest BCUT2D eigenvalue weighted by atomic mass is 9.92. The number of hydrogen-bond donors (Lipinski definition) is 1. The molecule has 1 aliphatic heterocycles. The van der Waals surface area contributed by atoms with E-state index in [-0.39, 0.29) is 0 Å². The van der Waals surface area contributed by atoms with Crippen molar-refractivity contribution in [3.8, 4) is 5.69 Å². The second kappa shape index (κ2) is 8.30. The number of aromatic carboxylic acids is 1. The van der Waals surface area contributed by atoms with Crippen LogP contribution >= 0.6 is 0 Å². The van der Waals surface area contributed by atoms with Crippen molar-refractivity contribution in [2.24, 2.45) is 0 Å². The zero-order valence-corrected chi connectivity index (χ0v) is 19.0. The molecule has 4 aromatic rings. The number of para-hydroxylation sites is 2. The first-order valence-electron chi connectivity index (χ1n) is 11.2. The van der Waals surface area contributed by atoms with Crippen molar-refractivity contribution in [1.82, 2.24) is 19.7 Å². The van der Waals surface area contributed by atoms with Gasteiger partial charge in [0, 0.05) is 35.3 Å². The van der Waals surface area contributed by atoms with E-state index in [4.69, 9.17) is 10.1 Å². The van der Waals surface area contributed by atoms with Crippen molar-refractivity contribution in [2.75, 3.05) is 13.1 Å². The molecular formula is C27H26N4O2. The third kappa shape index (κ3) is 3.62. The summed E-state index contributed by atoms with van der Waals surface area (Å²) in [7, 11) is 0. The number of pyridine rings is 1. The highest BCUT2D eigenvalue weighted by Gasteiger charge is 2.28. The average Bonchev–Trinajstić information content (AvgIpc) is 3.11. The second-order valence-electron chi connectivity index (χ2n) is 8.44. The van der Waals surface area contributed by atoms with E-state index >= 15 is 0 Å². The molecule has 0 saturated carbocycles. The Morgan fingerprint density at radius 3 is 2.52 bits per heavy atom. The Labute approximate surface area is 192 Å². The van der Waals surface area contributed by atoms with Gasteiger partial charge in [0.15, 0.2) is 0 Å². The summed E-state index contributed by atoms with van der Waals surface area (Å²) >= 11 is 0. The van der Waals surface area contributed by atoms with Crippen LogP contribution in [-0.4, -0.2) is 43.8 Å². The van der Waals surface area contributed by atoms with Crippen LogP contribution in [0.25, 0.3) is 28.2 Å². The molecule has 2 aromatic heterocycles. The van der Waals surface area contributed by atoms with E-state index in [2.05, 4.69) is 24.8 Å². The number of benzene rings is 2. The number of carboxylic acid groups (broad SMARTS) is 1. The van der Waals surface area contributed by atoms with Crippen molar-refractivity contribution in [1.29, 1.82) is 0 Å². The van der Waals surface area contributed by atoms with Crippen molar-refractivity contribution < 1.29 is 9.90 Å². The van der Waals surface area contributed by atoms with Gasteiger partial charge in [0.2, 0.25) is 0 Å². The highest BCUT2D eigenvalue weighted by Crippen LogP contribution is 2.35. The smallest absolute Gasteiger partial charge is 0.336 e. The number of aryl methyl sites for hydroxylation is 1. The summed E-state index contributed by atoms with van der Waals surface area (Å²) < 4.78 is 1.96. The minimum Gasteiger partial charge on any atom is -0.478 e. The van der Waals surface area contributed by atoms with Gasteiger partial charge in [-0.25, -0.2) is 14.5 Å². The molecule has 1 aliphatic rings. The van der Waals surface area contributed by atoms with Crippen LogP contribution in [0.15, 0.2) is 54.6 Å². The quantitative estimate of drug-likeness (QED) is 0.479. The van der Waals surface area contributed by atoms with Gasteiger partial charge >= 0.3 is 5.97 Å². The first kappa shape index (κ1) is 21.1. The fourth-order valence-electron chi connectivity index (χ4n) is 4.71. The Morgan fingerprint density at radius 1 is 1.06 bits per heavy atom. The number of hydrogen-bond acceptors (Lipinski definition) is 4. The van der Waals surface area contributed by atoms with Crippen molar-refractivity contribution in [3.05, 3.63) is 88.4 Å². The number of carboxylic acids is 1. The summed E-state index contributed by atoms with van der Waals surface area (Å²) in [4.78, 5) is 19.5. The molecule has 33 heavy (non-hydrogen) atoms. The molecule has 0 fully saturated rings. The number of nitrogens with zero attached hydrogens (tertiary/aromatic N) is 4. The van der Waals surface area contributed by atoms with Gasteiger partial charge < -0.3 is 5.11 Å². The Morgan fingerprint density at radius 2 is 1.79 bits per heavy atom. The third-order valence-corrected chi connectivity index (χ3v) is 6.40. The average molecular weight is 439 g/mol. The standard InChI is InChI=1S/C27H26N4O2/c1-4-30-15-19(14-22-17(2)29-31(18(22)3)20-10-6-5-7-11-20)26-23(16-30)25(27(32)33)21-12-8-9-13-24(21)28-26/h5-14H,4,15-16H2,1-3H3,(H,32,33)/b19-14+. The molecule has 6 nitrogen and oxygen atoms in total. The molecule has 0 radical (unpaired) electrons. The van der Waals surface area contributed by atoms with Gasteiger partial charge in [0.1, 0.15) is 0 Å². The monoisotopic (exact) mass is 438 g/mol. The van der Waals surface area contributed by atoms with E-state index in [1.807, 2.05) is 66.2 Å². The van der Waals surface area contributed by atoms with Crippen LogP contribution in [-0.2, 0) is 6.54 Å². The van der Waals surface area contributed by atoms with Gasteiger partial charge in [-0.3, -0.25) is 4.90 Å². The maximum atomic E-state index is 12.3. The Kier molecular flexibility index (Phi) is 5.30. The van der Waals surface area contributed by atoms with Crippen LogP contribution in [0.1, 0.15) is 45.5 Å². The highest BCUT2D eigenvalue weighted by atomic mass is 16.4. The molecule has 1 N–H and O–H groups in total. The molecular weight excluding hydrogens is 412 g/mol. The van der Waals surface area contributed by atoms with Gasteiger partial charge in [0.25, 0.3) is 0 Å². The SMILES string of the molecule is CCN1C/C(=C\c2c(C)nn(-c3ccccc3)c2C)c2nc3ccccc3c(C(=O)O)c2C1. The lowest BCUT2D eigenvalue weighted by Gasteiger charge is -2.30. The summed E-state index contributed by atoms with van der Waals surface area (Å²) in [6, 6.07) is 17.6. The zero-order chi connectivity index (χ0) is 23.1. The molecule has 0 spiro atoms. The molecule has 0 bridgehead atoms. The van der Waals surface area contributed by atoms with E-state index in [1.54, 1.807) is 0 Å². The molecule has 0 amide bonds. The van der Waals surface area contributed by atoms with Crippen molar-refractivity contribution >= 4 is 28.5 Å². The summed E-state index contributed by atoms with van der Waals surface area (Å²) in [5.74, 6) is -0.911. The second-order valence-corrected chi connectivity index (χ2v) is 8.44. The van der Waals surface area contributed by atoms with E-state index in [1.165, 1.54) is 0 Å². The number of aromatic nitrogens is 3. The van der Waals surface area contributed by atoms with Crippen molar-refractivity contribution in [3.63, 3.8) is 0 Å². The maximum absolute atomic E-state index is 12.3. The van der Waals surface area contributed by atoms with Gasteiger partial charge in [-0.1, -0.05) is 43.3 Å². The first-order chi connectivity index (χ1) is 16.0. The molecule has 0 aliphatic carbocycles. The Bertz CT molecular complexity index is 1400. The highest BCUT2D eigenvalue weighted by molar-refractivity contribution is 6.06. The van der Waals surface area contributed by atoms with Crippen LogP contribution in [0.4, 0.5) is 0 Å². The maximum Gasteiger partial charge on any atom is 0.336 e. The van der Waals surface area contributed by atoms with Crippen LogP contribution in [0.5, 0.6) is 0 Å². The van der Waals surface area contributed by atoms with Gasteiger partial charge in [-0.2, -0.15) is 5.10 Å². The fourth-order valence-corrected chi connectivity index (χ4v) is 4.71. The number of carbonyl (C=O) groups is 1. The van der Waals surface area contributed by atoms with Crippen LogP contribution in [0.3, 0.4) is 0 Å². The molecule has 3 heterocycles. The number of rotatable bonds is 4. The molecule has 166 valence electrons. The molecule has 0 unspecified atom stereocenters. The predicted octanol–water partition coefficient (Wildman–Crippen LogP) is 5.11. The minimum atomic E-state index is -0.911. The largest absolute Gasteiger partial charge is 0.478 e.